The van der Waals surface area contributed by atoms with Crippen molar-refractivity contribution in [3.05, 3.63) is 47.5 Å². The van der Waals surface area contributed by atoms with Crippen LogP contribution < -0.4 is 14.4 Å². The molecule has 1 N–H and O–H groups in total. The van der Waals surface area contributed by atoms with Gasteiger partial charge in [0.05, 0.1) is 25.8 Å². The first-order chi connectivity index (χ1) is 15.2. The Labute approximate surface area is 186 Å². The summed E-state index contributed by atoms with van der Waals surface area (Å²) in [7, 11) is 1.42. The van der Waals surface area contributed by atoms with Crippen LogP contribution in [0.1, 0.15) is 11.1 Å². The Bertz CT molecular complexity index is 998. The largest absolute Gasteiger partial charge is 0.493 e. The molecule has 0 spiro atoms. The molecule has 2 aromatic carbocycles. The molecule has 0 saturated carbocycles. The molecule has 1 heterocycles. The summed E-state index contributed by atoms with van der Waals surface area (Å²) in [5, 5.41) is 9.03. The third-order valence-electron chi connectivity index (χ3n) is 4.44. The molecular weight excluding hydrogens is 451 g/mol. The first-order valence-corrected chi connectivity index (χ1v) is 10.6. The maximum absolute atomic E-state index is 12.6. The van der Waals surface area contributed by atoms with Crippen LogP contribution in [0.5, 0.6) is 17.2 Å². The second-order valence-electron chi connectivity index (χ2n) is 6.82. The van der Waals surface area contributed by atoms with Gasteiger partial charge in [-0.1, -0.05) is 6.07 Å². The number of carbonyl (C=O) groups excluding carboxylic acids is 1. The Balaban J connectivity index is 1.92. The Kier molecular flexibility index (Phi) is 7.39. The molecule has 0 bridgehead atoms. The van der Waals surface area contributed by atoms with E-state index in [1.54, 1.807) is 30.3 Å². The van der Waals surface area contributed by atoms with Gasteiger partial charge in [0.1, 0.15) is 12.4 Å². The van der Waals surface area contributed by atoms with E-state index in [2.05, 4.69) is 0 Å². The zero-order chi connectivity index (χ0) is 23.3. The van der Waals surface area contributed by atoms with E-state index >= 15 is 0 Å². The molecule has 1 aliphatic rings. The van der Waals surface area contributed by atoms with Crippen LogP contribution in [0.4, 0.5) is 23.7 Å². The van der Waals surface area contributed by atoms with Gasteiger partial charge in [-0.15, -0.1) is 11.8 Å². The number of methoxy groups -OCH3 is 1. The van der Waals surface area contributed by atoms with Crippen molar-refractivity contribution in [3.63, 3.8) is 0 Å². The highest BCUT2D eigenvalue weighted by molar-refractivity contribution is 7.98. The summed E-state index contributed by atoms with van der Waals surface area (Å²) in [6.07, 6.45) is -5.09. The molecule has 7 nitrogen and oxygen atoms in total. The van der Waals surface area contributed by atoms with Crippen LogP contribution in [-0.2, 0) is 21.7 Å². The number of halogens is 3. The number of cyclic esters (lactones) is 1. The summed E-state index contributed by atoms with van der Waals surface area (Å²) in [6, 6.07) is 9.38. The van der Waals surface area contributed by atoms with Crippen LogP contribution in [-0.4, -0.2) is 49.4 Å². The normalized spacial score (nSPS) is 13.8. The molecule has 32 heavy (non-hydrogen) atoms. The maximum Gasteiger partial charge on any atom is 0.414 e. The van der Waals surface area contributed by atoms with Crippen molar-refractivity contribution in [2.45, 2.75) is 18.3 Å². The maximum atomic E-state index is 12.6. The fourth-order valence-electron chi connectivity index (χ4n) is 3.05. The number of thioether (sulfide) groups is 1. The van der Waals surface area contributed by atoms with Crippen LogP contribution >= 0.6 is 11.8 Å². The van der Waals surface area contributed by atoms with E-state index in [-0.39, 0.29) is 30.3 Å². The number of amides is 1. The number of carbonyl (C=O) groups is 2. The topological polar surface area (TPSA) is 85.3 Å². The minimum absolute atomic E-state index is 0.0251. The summed E-state index contributed by atoms with van der Waals surface area (Å²) in [6.45, 7) is 0.558. The van der Waals surface area contributed by atoms with Crippen LogP contribution in [0.2, 0.25) is 0 Å². The number of rotatable bonds is 9. The average molecular weight is 471 g/mol. The van der Waals surface area contributed by atoms with E-state index in [0.29, 0.717) is 40.9 Å². The zero-order valence-electron chi connectivity index (χ0n) is 17.0. The highest BCUT2D eigenvalue weighted by atomic mass is 32.2. The van der Waals surface area contributed by atoms with Crippen molar-refractivity contribution < 1.29 is 42.1 Å². The van der Waals surface area contributed by atoms with Gasteiger partial charge in [0, 0.05) is 17.0 Å². The lowest BCUT2D eigenvalue weighted by molar-refractivity contribution is -0.136. The van der Waals surface area contributed by atoms with Gasteiger partial charge >= 0.3 is 18.2 Å². The Morgan fingerprint density at radius 3 is 2.56 bits per heavy atom. The van der Waals surface area contributed by atoms with Crippen LogP contribution in [0, 0.1) is 0 Å². The second kappa shape index (κ2) is 10.0. The number of ether oxygens (including phenoxy) is 3. The first-order valence-electron chi connectivity index (χ1n) is 9.44. The molecule has 1 aliphatic heterocycles. The highest BCUT2D eigenvalue weighted by Crippen LogP contribution is 2.37. The summed E-state index contributed by atoms with van der Waals surface area (Å²) < 4.78 is 54.1. The number of aliphatic carboxylic acids is 1. The van der Waals surface area contributed by atoms with E-state index in [4.69, 9.17) is 19.3 Å². The smallest absolute Gasteiger partial charge is 0.414 e. The molecule has 1 amide bonds. The van der Waals surface area contributed by atoms with Crippen molar-refractivity contribution >= 4 is 29.5 Å². The number of hydrogen-bond acceptors (Lipinski definition) is 6. The van der Waals surface area contributed by atoms with Crippen molar-refractivity contribution in [3.8, 4) is 17.2 Å². The summed E-state index contributed by atoms with van der Waals surface area (Å²) in [5.74, 6) is -1.27. The number of carboxylic acid groups (broad SMARTS) is 1. The number of hydrogen-bond donors (Lipinski definition) is 1. The molecule has 3 rings (SSSR count). The number of anilines is 1. The predicted molar refractivity (Wildman–Crippen MR) is 112 cm³/mol. The number of nitrogens with zero attached hydrogens (tertiary/aromatic N) is 1. The van der Waals surface area contributed by atoms with Crippen molar-refractivity contribution in [2.24, 2.45) is 0 Å². The van der Waals surface area contributed by atoms with Gasteiger partial charge in [-0.05, 0) is 35.9 Å². The molecule has 1 saturated heterocycles. The van der Waals surface area contributed by atoms with E-state index in [1.807, 2.05) is 0 Å². The van der Waals surface area contributed by atoms with Gasteiger partial charge in [0.25, 0.3) is 0 Å². The lowest BCUT2D eigenvalue weighted by Gasteiger charge is -2.18. The monoisotopic (exact) mass is 471 g/mol. The Morgan fingerprint density at radius 1 is 1.19 bits per heavy atom. The van der Waals surface area contributed by atoms with Crippen LogP contribution in [0.25, 0.3) is 0 Å². The molecule has 2 aromatic rings. The van der Waals surface area contributed by atoms with Gasteiger partial charge < -0.3 is 19.3 Å². The fourth-order valence-corrected chi connectivity index (χ4v) is 3.83. The minimum atomic E-state index is -4.32. The molecule has 0 radical (unpaired) electrons. The van der Waals surface area contributed by atoms with E-state index in [9.17, 15) is 22.8 Å². The average Bonchev–Trinajstić information content (AvgIpc) is 3.14. The van der Waals surface area contributed by atoms with Crippen molar-refractivity contribution in [2.75, 3.05) is 30.9 Å². The molecule has 0 unspecified atom stereocenters. The number of benzene rings is 2. The number of alkyl halides is 3. The molecule has 0 atom stereocenters. The van der Waals surface area contributed by atoms with Crippen LogP contribution in [0.3, 0.4) is 0 Å². The van der Waals surface area contributed by atoms with E-state index < -0.39 is 24.0 Å². The molecule has 172 valence electrons. The summed E-state index contributed by atoms with van der Waals surface area (Å²) >= 11 is 0.663. The molecule has 1 fully saturated rings. The van der Waals surface area contributed by atoms with Gasteiger partial charge in [-0.2, -0.15) is 13.2 Å². The predicted octanol–water partition coefficient (Wildman–Crippen LogP) is 4.87. The molecule has 11 heteroatoms. The van der Waals surface area contributed by atoms with Gasteiger partial charge in [0.2, 0.25) is 0 Å². The first kappa shape index (κ1) is 23.6. The fraction of sp³-hybridized carbons (Fsp3) is 0.333. The van der Waals surface area contributed by atoms with Crippen LogP contribution in [0.15, 0.2) is 36.4 Å². The lowest BCUT2D eigenvalue weighted by atomic mass is 10.1. The van der Waals surface area contributed by atoms with Gasteiger partial charge in [0.15, 0.2) is 11.5 Å². The standard InChI is InChI=1S/C21H20F3NO6S/c1-29-17-4-2-13(9-19(26)27)8-18(17)31-16-5-3-15(25-6-7-30-20(25)28)10-14(16)11-32-12-21(22,23)24/h2-5,8,10H,6-7,9,11-12H2,1H3,(H,26,27). The van der Waals surface area contributed by atoms with E-state index in [1.165, 1.54) is 18.1 Å². The minimum Gasteiger partial charge on any atom is -0.493 e. The Morgan fingerprint density at radius 2 is 1.94 bits per heavy atom. The van der Waals surface area contributed by atoms with Gasteiger partial charge in [-0.25, -0.2) is 4.79 Å². The molecule has 0 aliphatic carbocycles. The number of carboxylic acids is 1. The zero-order valence-corrected chi connectivity index (χ0v) is 17.8. The van der Waals surface area contributed by atoms with Crippen molar-refractivity contribution in [1.82, 2.24) is 0 Å². The van der Waals surface area contributed by atoms with Crippen molar-refractivity contribution in [1.29, 1.82) is 0 Å². The molecule has 0 aromatic heterocycles. The summed E-state index contributed by atoms with van der Waals surface area (Å²) in [5.41, 5.74) is 1.38. The van der Waals surface area contributed by atoms with E-state index in [0.717, 1.165) is 0 Å². The summed E-state index contributed by atoms with van der Waals surface area (Å²) in [4.78, 5) is 24.3. The second-order valence-corrected chi connectivity index (χ2v) is 7.81. The third kappa shape index (κ3) is 6.22. The highest BCUT2D eigenvalue weighted by Gasteiger charge is 2.28. The van der Waals surface area contributed by atoms with Gasteiger partial charge in [-0.3, -0.25) is 9.69 Å². The third-order valence-corrected chi connectivity index (χ3v) is 5.49. The molecular formula is C21H20F3NO6S. The quantitative estimate of drug-likeness (QED) is 0.559. The lowest BCUT2D eigenvalue weighted by Crippen LogP contribution is -2.23. The Hall–Kier alpha value is -3.08. The SMILES string of the molecule is COc1ccc(CC(=O)O)cc1Oc1ccc(N2CCOC2=O)cc1CSCC(F)(F)F.